The molecule has 6 nitrogen and oxygen atoms in total. The minimum Gasteiger partial charge on any atom is -0.352 e. The zero-order valence-electron chi connectivity index (χ0n) is 18.2. The summed E-state index contributed by atoms with van der Waals surface area (Å²) in [6.07, 6.45) is 5.97. The summed E-state index contributed by atoms with van der Waals surface area (Å²) in [5.74, 6) is 0.178. The van der Waals surface area contributed by atoms with E-state index >= 15 is 0 Å². The fraction of sp³-hybridized carbons (Fsp3) is 0.652. The van der Waals surface area contributed by atoms with Crippen molar-refractivity contribution in [2.45, 2.75) is 65.0 Å². The lowest BCUT2D eigenvalue weighted by Crippen LogP contribution is -2.55. The van der Waals surface area contributed by atoms with Gasteiger partial charge in [0.2, 0.25) is 11.8 Å². The van der Waals surface area contributed by atoms with Crippen molar-refractivity contribution in [1.82, 2.24) is 15.1 Å². The molecule has 1 saturated carbocycles. The first kappa shape index (κ1) is 21.8. The average Bonchev–Trinajstić information content (AvgIpc) is 2.71. The van der Waals surface area contributed by atoms with Gasteiger partial charge < -0.3 is 10.6 Å². The van der Waals surface area contributed by atoms with Gasteiger partial charge in [0.1, 0.15) is 0 Å². The summed E-state index contributed by atoms with van der Waals surface area (Å²) in [6.45, 7) is 9.67. The Morgan fingerprint density at radius 1 is 1.03 bits per heavy atom. The zero-order chi connectivity index (χ0) is 20.8. The molecule has 2 amide bonds. The van der Waals surface area contributed by atoms with Gasteiger partial charge >= 0.3 is 0 Å². The van der Waals surface area contributed by atoms with E-state index in [2.05, 4.69) is 20.4 Å². The molecule has 1 aliphatic heterocycles. The second-order valence-corrected chi connectivity index (χ2v) is 8.65. The maximum absolute atomic E-state index is 12.6. The number of anilines is 1. The van der Waals surface area contributed by atoms with E-state index in [-0.39, 0.29) is 17.9 Å². The van der Waals surface area contributed by atoms with Gasteiger partial charge in [-0.15, -0.1) is 0 Å². The zero-order valence-corrected chi connectivity index (χ0v) is 18.2. The molecule has 2 aliphatic rings. The van der Waals surface area contributed by atoms with Gasteiger partial charge in [-0.1, -0.05) is 37.5 Å². The summed E-state index contributed by atoms with van der Waals surface area (Å²) in [7, 11) is 0. The second kappa shape index (κ2) is 10.2. The number of piperazine rings is 1. The molecule has 29 heavy (non-hydrogen) atoms. The molecule has 2 fully saturated rings. The molecule has 1 atom stereocenters. The lowest BCUT2D eigenvalue weighted by molar-refractivity contribution is -0.128. The SMILES string of the molecule is Cc1cccc(C)c1NC(=O)CN1CCN([C@H](C)C(=O)NC2CCCCC2)CC1. The molecule has 0 unspecified atom stereocenters. The van der Waals surface area contributed by atoms with E-state index in [1.807, 2.05) is 39.0 Å². The smallest absolute Gasteiger partial charge is 0.238 e. The first-order valence-corrected chi connectivity index (χ1v) is 11.1. The highest BCUT2D eigenvalue weighted by atomic mass is 16.2. The van der Waals surface area contributed by atoms with Gasteiger partial charge in [0.15, 0.2) is 0 Å². The number of para-hydroxylation sites is 1. The number of nitrogens with one attached hydrogen (secondary N) is 2. The van der Waals surface area contributed by atoms with E-state index in [0.717, 1.165) is 55.8 Å². The molecule has 2 N–H and O–H groups in total. The first-order valence-electron chi connectivity index (χ1n) is 11.1. The Kier molecular flexibility index (Phi) is 7.67. The number of benzene rings is 1. The van der Waals surface area contributed by atoms with E-state index in [0.29, 0.717) is 12.6 Å². The van der Waals surface area contributed by atoms with Gasteiger partial charge in [-0.3, -0.25) is 19.4 Å². The molecule has 1 aromatic carbocycles. The molecule has 1 saturated heterocycles. The standard InChI is InChI=1S/C23H36N4O2/c1-17-8-7-9-18(2)22(17)25-21(28)16-26-12-14-27(15-13-26)19(3)23(29)24-20-10-5-4-6-11-20/h7-9,19-20H,4-6,10-16H2,1-3H3,(H,24,29)(H,25,28)/t19-/m1/s1. The van der Waals surface area contributed by atoms with Crippen molar-refractivity contribution in [3.05, 3.63) is 29.3 Å². The third-order valence-corrected chi connectivity index (χ3v) is 6.40. The van der Waals surface area contributed by atoms with E-state index in [1.54, 1.807) is 0 Å². The van der Waals surface area contributed by atoms with Gasteiger partial charge in [-0.2, -0.15) is 0 Å². The monoisotopic (exact) mass is 400 g/mol. The van der Waals surface area contributed by atoms with Crippen molar-refractivity contribution in [1.29, 1.82) is 0 Å². The third kappa shape index (κ3) is 6.03. The summed E-state index contributed by atoms with van der Waals surface area (Å²) in [4.78, 5) is 29.5. The van der Waals surface area contributed by atoms with Crippen LogP contribution in [-0.4, -0.2) is 66.4 Å². The van der Waals surface area contributed by atoms with Gasteiger partial charge in [0.05, 0.1) is 12.6 Å². The van der Waals surface area contributed by atoms with Gasteiger partial charge in [-0.05, 0) is 44.7 Å². The Morgan fingerprint density at radius 3 is 2.28 bits per heavy atom. The highest BCUT2D eigenvalue weighted by molar-refractivity contribution is 5.93. The average molecular weight is 401 g/mol. The van der Waals surface area contributed by atoms with Gasteiger partial charge in [-0.25, -0.2) is 0 Å². The Balaban J connectivity index is 1.42. The van der Waals surface area contributed by atoms with E-state index in [4.69, 9.17) is 0 Å². The highest BCUT2D eigenvalue weighted by Crippen LogP contribution is 2.20. The maximum atomic E-state index is 12.6. The number of hydrogen-bond donors (Lipinski definition) is 2. The Labute approximate surface area is 175 Å². The van der Waals surface area contributed by atoms with E-state index < -0.39 is 0 Å². The summed E-state index contributed by atoms with van der Waals surface area (Å²) in [5, 5.41) is 6.30. The van der Waals surface area contributed by atoms with Crippen LogP contribution >= 0.6 is 0 Å². The molecule has 160 valence electrons. The minimum atomic E-state index is -0.109. The van der Waals surface area contributed by atoms with Crippen LogP contribution in [0.3, 0.4) is 0 Å². The van der Waals surface area contributed by atoms with Gasteiger partial charge in [0, 0.05) is 37.9 Å². The number of nitrogens with zero attached hydrogens (tertiary/aromatic N) is 2. The molecule has 1 aliphatic carbocycles. The van der Waals surface area contributed by atoms with Crippen molar-refractivity contribution in [2.24, 2.45) is 0 Å². The molecule has 1 aromatic rings. The van der Waals surface area contributed by atoms with Crippen LogP contribution in [0.15, 0.2) is 18.2 Å². The van der Waals surface area contributed by atoms with Crippen LogP contribution in [0.4, 0.5) is 5.69 Å². The first-order chi connectivity index (χ1) is 13.9. The van der Waals surface area contributed by atoms with Crippen LogP contribution in [-0.2, 0) is 9.59 Å². The van der Waals surface area contributed by atoms with Crippen LogP contribution in [0, 0.1) is 13.8 Å². The summed E-state index contributed by atoms with van der Waals surface area (Å²) in [6, 6.07) is 6.28. The molecular weight excluding hydrogens is 364 g/mol. The Hall–Kier alpha value is -1.92. The number of amides is 2. The lowest BCUT2D eigenvalue weighted by atomic mass is 9.95. The van der Waals surface area contributed by atoms with Crippen LogP contribution in [0.25, 0.3) is 0 Å². The fourth-order valence-electron chi connectivity index (χ4n) is 4.44. The molecule has 0 bridgehead atoms. The Bertz CT molecular complexity index is 687. The van der Waals surface area contributed by atoms with Crippen molar-refractivity contribution in [2.75, 3.05) is 38.0 Å². The second-order valence-electron chi connectivity index (χ2n) is 8.65. The molecular formula is C23H36N4O2. The number of carbonyl (C=O) groups excluding carboxylic acids is 2. The summed E-state index contributed by atoms with van der Waals surface area (Å²) in [5.41, 5.74) is 3.09. The quantitative estimate of drug-likeness (QED) is 0.771. The number of rotatable bonds is 6. The van der Waals surface area contributed by atoms with Crippen molar-refractivity contribution in [3.63, 3.8) is 0 Å². The summed E-state index contributed by atoms with van der Waals surface area (Å²) < 4.78 is 0. The highest BCUT2D eigenvalue weighted by Gasteiger charge is 2.28. The summed E-state index contributed by atoms with van der Waals surface area (Å²) >= 11 is 0. The fourth-order valence-corrected chi connectivity index (χ4v) is 4.44. The predicted molar refractivity (Wildman–Crippen MR) is 117 cm³/mol. The van der Waals surface area contributed by atoms with E-state index in [9.17, 15) is 9.59 Å². The number of hydrogen-bond acceptors (Lipinski definition) is 4. The predicted octanol–water partition coefficient (Wildman–Crippen LogP) is 2.70. The molecule has 6 heteroatoms. The minimum absolute atomic E-state index is 0.0268. The van der Waals surface area contributed by atoms with Crippen molar-refractivity contribution < 1.29 is 9.59 Å². The normalized spacial score (nSPS) is 20.2. The lowest BCUT2D eigenvalue weighted by Gasteiger charge is -2.37. The van der Waals surface area contributed by atoms with Crippen molar-refractivity contribution >= 4 is 17.5 Å². The van der Waals surface area contributed by atoms with Gasteiger partial charge in [0.25, 0.3) is 0 Å². The molecule has 0 spiro atoms. The van der Waals surface area contributed by atoms with Crippen molar-refractivity contribution in [3.8, 4) is 0 Å². The maximum Gasteiger partial charge on any atom is 0.238 e. The number of aryl methyl sites for hydroxylation is 2. The van der Waals surface area contributed by atoms with Crippen LogP contribution in [0.5, 0.6) is 0 Å². The largest absolute Gasteiger partial charge is 0.352 e. The van der Waals surface area contributed by atoms with E-state index in [1.165, 1.54) is 19.3 Å². The Morgan fingerprint density at radius 2 is 1.66 bits per heavy atom. The topological polar surface area (TPSA) is 64.7 Å². The van der Waals surface area contributed by atoms with Crippen LogP contribution < -0.4 is 10.6 Å². The molecule has 0 aromatic heterocycles. The third-order valence-electron chi connectivity index (χ3n) is 6.40. The number of carbonyl (C=O) groups is 2. The molecule has 3 rings (SSSR count). The molecule has 0 radical (unpaired) electrons. The van der Waals surface area contributed by atoms with Crippen LogP contribution in [0.1, 0.15) is 50.2 Å². The van der Waals surface area contributed by atoms with Crippen LogP contribution in [0.2, 0.25) is 0 Å². The molecule has 1 heterocycles.